The molecule has 2 aromatic rings. The van der Waals surface area contributed by atoms with Crippen molar-refractivity contribution in [3.05, 3.63) is 41.2 Å². The number of para-hydroxylation sites is 2. The second-order valence-corrected chi connectivity index (χ2v) is 4.27. The molecule has 0 saturated carbocycles. The van der Waals surface area contributed by atoms with Gasteiger partial charge in [-0.1, -0.05) is 12.1 Å². The van der Waals surface area contributed by atoms with E-state index in [2.05, 4.69) is 12.0 Å². The van der Waals surface area contributed by atoms with Crippen LogP contribution in [0, 0.1) is 13.8 Å². The van der Waals surface area contributed by atoms with Gasteiger partial charge in [-0.05, 0) is 44.5 Å². The van der Waals surface area contributed by atoms with Crippen LogP contribution in [0.4, 0.5) is 0 Å². The molecule has 0 aliphatic heterocycles. The SMILES string of the molecule is COc1ccccc1-n1nc(C)c(CCN)c1C. The minimum atomic E-state index is 0.638. The summed E-state index contributed by atoms with van der Waals surface area (Å²) in [5.41, 5.74) is 9.99. The average molecular weight is 245 g/mol. The number of aryl methyl sites for hydroxylation is 1. The molecule has 4 nitrogen and oxygen atoms in total. The summed E-state index contributed by atoms with van der Waals surface area (Å²) in [5.74, 6) is 0.822. The first-order chi connectivity index (χ1) is 8.69. The molecule has 0 saturated heterocycles. The van der Waals surface area contributed by atoms with Crippen LogP contribution in [-0.4, -0.2) is 23.4 Å². The van der Waals surface area contributed by atoms with E-state index in [0.717, 1.165) is 29.2 Å². The van der Waals surface area contributed by atoms with Crippen LogP contribution in [-0.2, 0) is 6.42 Å². The topological polar surface area (TPSA) is 53.1 Å². The van der Waals surface area contributed by atoms with Crippen LogP contribution in [0.3, 0.4) is 0 Å². The molecule has 2 rings (SSSR count). The zero-order chi connectivity index (χ0) is 13.1. The Morgan fingerprint density at radius 3 is 2.67 bits per heavy atom. The number of hydrogen-bond donors (Lipinski definition) is 1. The molecule has 0 aliphatic rings. The van der Waals surface area contributed by atoms with E-state index in [1.807, 2.05) is 35.9 Å². The van der Waals surface area contributed by atoms with Gasteiger partial charge in [-0.3, -0.25) is 0 Å². The molecule has 0 spiro atoms. The van der Waals surface area contributed by atoms with Crippen LogP contribution >= 0.6 is 0 Å². The Hall–Kier alpha value is -1.81. The van der Waals surface area contributed by atoms with Gasteiger partial charge in [0.1, 0.15) is 11.4 Å². The number of aromatic nitrogens is 2. The fourth-order valence-electron chi connectivity index (χ4n) is 2.22. The van der Waals surface area contributed by atoms with Crippen LogP contribution in [0.1, 0.15) is 17.0 Å². The van der Waals surface area contributed by atoms with Crippen molar-refractivity contribution < 1.29 is 4.74 Å². The number of nitrogens with two attached hydrogens (primary N) is 1. The summed E-state index contributed by atoms with van der Waals surface area (Å²) in [4.78, 5) is 0. The van der Waals surface area contributed by atoms with Crippen molar-refractivity contribution in [1.82, 2.24) is 9.78 Å². The summed E-state index contributed by atoms with van der Waals surface area (Å²) in [6.07, 6.45) is 0.854. The first kappa shape index (κ1) is 12.6. The highest BCUT2D eigenvalue weighted by Crippen LogP contribution is 2.25. The standard InChI is InChI=1S/C14H19N3O/c1-10-12(8-9-15)11(2)17(16-10)13-6-4-5-7-14(13)18-3/h4-7H,8-9,15H2,1-3H3. The van der Waals surface area contributed by atoms with Gasteiger partial charge in [0.2, 0.25) is 0 Å². The first-order valence-electron chi connectivity index (χ1n) is 6.07. The second-order valence-electron chi connectivity index (χ2n) is 4.27. The molecule has 1 heterocycles. The summed E-state index contributed by atoms with van der Waals surface area (Å²) >= 11 is 0. The summed E-state index contributed by atoms with van der Waals surface area (Å²) < 4.78 is 7.31. The highest BCUT2D eigenvalue weighted by molar-refractivity contribution is 5.48. The first-order valence-corrected chi connectivity index (χ1v) is 6.07. The zero-order valence-electron chi connectivity index (χ0n) is 11.1. The Morgan fingerprint density at radius 2 is 2.00 bits per heavy atom. The Bertz CT molecular complexity index is 546. The Kier molecular flexibility index (Phi) is 3.67. The third-order valence-corrected chi connectivity index (χ3v) is 3.15. The molecule has 4 heteroatoms. The van der Waals surface area contributed by atoms with Crippen LogP contribution in [0.15, 0.2) is 24.3 Å². The molecule has 96 valence electrons. The number of rotatable bonds is 4. The molecule has 18 heavy (non-hydrogen) atoms. The third kappa shape index (κ3) is 2.11. The molecule has 0 amide bonds. The molecule has 1 aromatic carbocycles. The van der Waals surface area contributed by atoms with Gasteiger partial charge >= 0.3 is 0 Å². The van der Waals surface area contributed by atoms with Gasteiger partial charge in [0.25, 0.3) is 0 Å². The molecular formula is C14H19N3O. The molecule has 0 radical (unpaired) electrons. The van der Waals surface area contributed by atoms with E-state index in [4.69, 9.17) is 10.5 Å². The lowest BCUT2D eigenvalue weighted by atomic mass is 10.1. The quantitative estimate of drug-likeness (QED) is 0.896. The average Bonchev–Trinajstić information content (AvgIpc) is 2.67. The molecule has 2 N–H and O–H groups in total. The van der Waals surface area contributed by atoms with Crippen molar-refractivity contribution in [2.24, 2.45) is 5.73 Å². The van der Waals surface area contributed by atoms with E-state index in [1.54, 1.807) is 7.11 Å². The molecule has 0 aliphatic carbocycles. The van der Waals surface area contributed by atoms with E-state index in [1.165, 1.54) is 5.56 Å². The zero-order valence-corrected chi connectivity index (χ0v) is 11.1. The lowest BCUT2D eigenvalue weighted by Gasteiger charge is -2.10. The second kappa shape index (κ2) is 5.23. The third-order valence-electron chi connectivity index (χ3n) is 3.15. The van der Waals surface area contributed by atoms with E-state index in [0.29, 0.717) is 6.54 Å². The van der Waals surface area contributed by atoms with Gasteiger partial charge in [-0.2, -0.15) is 5.10 Å². The van der Waals surface area contributed by atoms with Crippen molar-refractivity contribution in [2.75, 3.05) is 13.7 Å². The lowest BCUT2D eigenvalue weighted by Crippen LogP contribution is -2.05. The van der Waals surface area contributed by atoms with Crippen molar-refractivity contribution in [3.8, 4) is 11.4 Å². The molecule has 1 aromatic heterocycles. The fraction of sp³-hybridized carbons (Fsp3) is 0.357. The van der Waals surface area contributed by atoms with Crippen molar-refractivity contribution in [1.29, 1.82) is 0 Å². The van der Waals surface area contributed by atoms with Gasteiger partial charge in [-0.25, -0.2) is 4.68 Å². The lowest BCUT2D eigenvalue weighted by molar-refractivity contribution is 0.411. The molecule has 0 fully saturated rings. The number of hydrogen-bond acceptors (Lipinski definition) is 3. The number of benzene rings is 1. The van der Waals surface area contributed by atoms with Crippen molar-refractivity contribution in [2.45, 2.75) is 20.3 Å². The van der Waals surface area contributed by atoms with Gasteiger partial charge in [0.15, 0.2) is 0 Å². The normalized spacial score (nSPS) is 10.7. The Balaban J connectivity index is 2.54. The molecule has 0 atom stereocenters. The van der Waals surface area contributed by atoms with Crippen molar-refractivity contribution >= 4 is 0 Å². The summed E-state index contributed by atoms with van der Waals surface area (Å²) in [7, 11) is 1.67. The maximum Gasteiger partial charge on any atom is 0.144 e. The minimum Gasteiger partial charge on any atom is -0.494 e. The fourth-order valence-corrected chi connectivity index (χ4v) is 2.22. The summed E-state index contributed by atoms with van der Waals surface area (Å²) in [5, 5.41) is 4.59. The number of methoxy groups -OCH3 is 1. The Morgan fingerprint density at radius 1 is 1.28 bits per heavy atom. The van der Waals surface area contributed by atoms with Gasteiger partial charge in [-0.15, -0.1) is 0 Å². The predicted molar refractivity (Wildman–Crippen MR) is 72.3 cm³/mol. The smallest absolute Gasteiger partial charge is 0.144 e. The highest BCUT2D eigenvalue weighted by Gasteiger charge is 2.14. The van der Waals surface area contributed by atoms with E-state index in [9.17, 15) is 0 Å². The minimum absolute atomic E-state index is 0.638. The number of nitrogens with zero attached hydrogens (tertiary/aromatic N) is 2. The predicted octanol–water partition coefficient (Wildman–Crippen LogP) is 2.00. The van der Waals surface area contributed by atoms with E-state index in [-0.39, 0.29) is 0 Å². The van der Waals surface area contributed by atoms with Crippen LogP contribution in [0.2, 0.25) is 0 Å². The maximum absolute atomic E-state index is 5.64. The van der Waals surface area contributed by atoms with Crippen molar-refractivity contribution in [3.63, 3.8) is 0 Å². The number of ether oxygens (including phenoxy) is 1. The largest absolute Gasteiger partial charge is 0.494 e. The molecule has 0 unspecified atom stereocenters. The van der Waals surface area contributed by atoms with Gasteiger partial charge in [0, 0.05) is 5.69 Å². The van der Waals surface area contributed by atoms with Crippen LogP contribution in [0.25, 0.3) is 5.69 Å². The summed E-state index contributed by atoms with van der Waals surface area (Å²) in [6, 6.07) is 7.88. The van der Waals surface area contributed by atoms with E-state index >= 15 is 0 Å². The highest BCUT2D eigenvalue weighted by atomic mass is 16.5. The Labute approximate surface area is 107 Å². The van der Waals surface area contributed by atoms with E-state index < -0.39 is 0 Å². The molecule has 0 bridgehead atoms. The maximum atomic E-state index is 5.64. The van der Waals surface area contributed by atoms with Gasteiger partial charge < -0.3 is 10.5 Å². The van der Waals surface area contributed by atoms with Crippen LogP contribution < -0.4 is 10.5 Å². The van der Waals surface area contributed by atoms with Crippen LogP contribution in [0.5, 0.6) is 5.75 Å². The molecular weight excluding hydrogens is 226 g/mol. The summed E-state index contributed by atoms with van der Waals surface area (Å²) in [6.45, 7) is 4.72. The monoisotopic (exact) mass is 245 g/mol. The van der Waals surface area contributed by atoms with Gasteiger partial charge in [0.05, 0.1) is 12.8 Å².